The maximum absolute atomic E-state index is 12.4. The fourth-order valence-electron chi connectivity index (χ4n) is 4.36. The molecule has 3 N–H and O–H groups in total. The van der Waals surface area contributed by atoms with Crippen LogP contribution in [0.1, 0.15) is 59.9 Å². The highest BCUT2D eigenvalue weighted by atomic mass is 16.6. The average Bonchev–Trinajstić information content (AvgIpc) is 3.20. The molecule has 3 atom stereocenters. The second-order valence-corrected chi connectivity index (χ2v) is 11.2. The molecule has 0 radical (unpaired) electrons. The second kappa shape index (κ2) is 9.72. The summed E-state index contributed by atoms with van der Waals surface area (Å²) >= 11 is 0. The number of amides is 1. The number of oxime groups is 1. The summed E-state index contributed by atoms with van der Waals surface area (Å²) in [5.74, 6) is 0.174. The maximum atomic E-state index is 12.4. The van der Waals surface area contributed by atoms with Gasteiger partial charge in [-0.1, -0.05) is 89.1 Å². The maximum Gasteiger partial charge on any atom is 0.202 e. The summed E-state index contributed by atoms with van der Waals surface area (Å²) in [4.78, 5) is 18.0. The minimum atomic E-state index is -0.854. The molecule has 6 nitrogen and oxygen atoms in total. The Balaban J connectivity index is 1.60. The predicted molar refractivity (Wildman–Crippen MR) is 133 cm³/mol. The van der Waals surface area contributed by atoms with Crippen LogP contribution in [0.25, 0.3) is 5.73 Å². The molecule has 0 bridgehead atoms. The van der Waals surface area contributed by atoms with E-state index < -0.39 is 6.04 Å². The van der Waals surface area contributed by atoms with E-state index in [1.54, 1.807) is 0 Å². The van der Waals surface area contributed by atoms with Crippen molar-refractivity contribution in [3.8, 4) is 0 Å². The van der Waals surface area contributed by atoms with E-state index in [9.17, 15) is 9.90 Å². The van der Waals surface area contributed by atoms with Gasteiger partial charge in [0.1, 0.15) is 11.9 Å². The Hall–Kier alpha value is -2.60. The number of carbonyl (C=O) groups is 1. The number of nitrogens with one attached hydrogen (secondary N) is 2. The fraction of sp³-hybridized carbons (Fsp3) is 0.556. The first-order valence-corrected chi connectivity index (χ1v) is 11.8. The smallest absolute Gasteiger partial charge is 0.202 e. The zero-order valence-corrected chi connectivity index (χ0v) is 20.7. The molecule has 1 aliphatic heterocycles. The summed E-state index contributed by atoms with van der Waals surface area (Å²) in [7, 11) is 0. The summed E-state index contributed by atoms with van der Waals surface area (Å²) in [6, 6.07) is 8.75. The fourth-order valence-corrected chi connectivity index (χ4v) is 4.36. The molecule has 2 aliphatic rings. The molecular formula is C27H38N3O3-. The lowest BCUT2D eigenvalue weighted by Gasteiger charge is -2.35. The van der Waals surface area contributed by atoms with Crippen molar-refractivity contribution in [1.82, 2.24) is 5.32 Å². The first kappa shape index (κ1) is 25.0. The second-order valence-electron chi connectivity index (χ2n) is 11.2. The number of rotatable bonds is 6. The van der Waals surface area contributed by atoms with Crippen LogP contribution in [0.5, 0.6) is 0 Å². The van der Waals surface area contributed by atoms with Gasteiger partial charge < -0.3 is 21.0 Å². The SMILES string of the molecule is CC(C)(C)C1=CC(C2=NOC(CNC(=O)C([NH-])Cc3ccccc3)C2)CC(C(C)(C)C)=C1O. The van der Waals surface area contributed by atoms with Crippen molar-refractivity contribution >= 4 is 11.6 Å². The molecule has 1 amide bonds. The van der Waals surface area contributed by atoms with Crippen LogP contribution < -0.4 is 5.32 Å². The van der Waals surface area contributed by atoms with E-state index in [1.807, 2.05) is 30.3 Å². The van der Waals surface area contributed by atoms with Gasteiger partial charge in [0.15, 0.2) is 0 Å². The molecule has 0 saturated heterocycles. The molecule has 1 heterocycles. The molecule has 1 aromatic rings. The Labute approximate surface area is 198 Å². The minimum Gasteiger partial charge on any atom is -0.667 e. The van der Waals surface area contributed by atoms with E-state index in [4.69, 9.17) is 10.6 Å². The molecule has 0 aromatic heterocycles. The van der Waals surface area contributed by atoms with Crippen molar-refractivity contribution in [2.24, 2.45) is 21.9 Å². The zero-order valence-electron chi connectivity index (χ0n) is 20.7. The first-order chi connectivity index (χ1) is 15.4. The van der Waals surface area contributed by atoms with Crippen LogP contribution in [0.3, 0.4) is 0 Å². The average molecular weight is 453 g/mol. The number of hydrogen-bond donors (Lipinski definition) is 2. The number of aliphatic hydroxyl groups excluding tert-OH is 1. The minimum absolute atomic E-state index is 0.0621. The van der Waals surface area contributed by atoms with Gasteiger partial charge in [0.25, 0.3) is 0 Å². The van der Waals surface area contributed by atoms with Crippen molar-refractivity contribution in [3.05, 3.63) is 64.6 Å². The number of aliphatic hydroxyl groups is 1. The highest BCUT2D eigenvalue weighted by molar-refractivity contribution is 5.90. The van der Waals surface area contributed by atoms with Gasteiger partial charge in [-0.2, -0.15) is 0 Å². The third-order valence-electron chi connectivity index (χ3n) is 6.33. The number of nitrogens with zero attached hydrogens (tertiary/aromatic N) is 1. The van der Waals surface area contributed by atoms with Gasteiger partial charge in [0, 0.05) is 12.3 Å². The Kier molecular flexibility index (Phi) is 7.37. The van der Waals surface area contributed by atoms with Crippen LogP contribution in [0, 0.1) is 16.7 Å². The molecule has 1 aromatic carbocycles. The normalized spacial score (nSPS) is 22.4. The van der Waals surface area contributed by atoms with Gasteiger partial charge in [-0.05, 0) is 40.4 Å². The number of carbonyl (C=O) groups excluding carboxylic acids is 1. The van der Waals surface area contributed by atoms with E-state index in [0.29, 0.717) is 31.6 Å². The van der Waals surface area contributed by atoms with E-state index in [0.717, 1.165) is 22.4 Å². The lowest BCUT2D eigenvalue weighted by Crippen LogP contribution is -2.38. The summed E-state index contributed by atoms with van der Waals surface area (Å²) < 4.78 is 0. The molecule has 0 fully saturated rings. The van der Waals surface area contributed by atoms with Crippen LogP contribution in [-0.2, 0) is 16.1 Å². The van der Waals surface area contributed by atoms with Gasteiger partial charge in [0.2, 0.25) is 5.91 Å². The van der Waals surface area contributed by atoms with Crippen molar-refractivity contribution < 1.29 is 14.7 Å². The summed E-state index contributed by atoms with van der Waals surface area (Å²) in [5, 5.41) is 18.2. The molecule has 3 unspecified atom stereocenters. The third-order valence-corrected chi connectivity index (χ3v) is 6.33. The van der Waals surface area contributed by atoms with Crippen molar-refractivity contribution in [2.45, 2.75) is 73.0 Å². The third kappa shape index (κ3) is 6.26. The Morgan fingerprint density at radius 3 is 2.42 bits per heavy atom. The van der Waals surface area contributed by atoms with Crippen LogP contribution >= 0.6 is 0 Å². The monoisotopic (exact) mass is 452 g/mol. The largest absolute Gasteiger partial charge is 0.667 e. The van der Waals surface area contributed by atoms with Crippen molar-refractivity contribution in [1.29, 1.82) is 0 Å². The van der Waals surface area contributed by atoms with Crippen LogP contribution in [0.4, 0.5) is 0 Å². The topological polar surface area (TPSA) is 94.7 Å². The highest BCUT2D eigenvalue weighted by Crippen LogP contribution is 2.44. The van der Waals surface area contributed by atoms with E-state index in [-0.39, 0.29) is 28.8 Å². The number of hydrogen-bond acceptors (Lipinski definition) is 4. The van der Waals surface area contributed by atoms with Crippen molar-refractivity contribution in [3.63, 3.8) is 0 Å². The molecular weight excluding hydrogens is 414 g/mol. The van der Waals surface area contributed by atoms with E-state index in [2.05, 4.69) is 58.1 Å². The molecule has 33 heavy (non-hydrogen) atoms. The standard InChI is InChI=1S/C27H38N3O3/c1-26(2,3)20-13-18(14-21(24(20)31)27(4,5)6)23-15-19(33-30-23)16-29-25(32)22(28)12-17-10-8-7-9-11-17/h7-11,13,18-19,22,28,31H,12,14-16H2,1-6H3,(H,29,32)/q-1. The lowest BCUT2D eigenvalue weighted by atomic mass is 9.70. The number of benzene rings is 1. The Morgan fingerprint density at radius 2 is 1.82 bits per heavy atom. The van der Waals surface area contributed by atoms with Crippen molar-refractivity contribution in [2.75, 3.05) is 6.54 Å². The van der Waals surface area contributed by atoms with Crippen LogP contribution in [0.2, 0.25) is 0 Å². The Morgan fingerprint density at radius 1 is 1.15 bits per heavy atom. The molecule has 0 saturated carbocycles. The van der Waals surface area contributed by atoms with Crippen LogP contribution in [-0.4, -0.2) is 35.4 Å². The van der Waals surface area contributed by atoms with Gasteiger partial charge >= 0.3 is 0 Å². The molecule has 180 valence electrons. The van der Waals surface area contributed by atoms with Gasteiger partial charge in [-0.15, -0.1) is 0 Å². The summed E-state index contributed by atoms with van der Waals surface area (Å²) in [6.45, 7) is 13.0. The lowest BCUT2D eigenvalue weighted by molar-refractivity contribution is -0.122. The summed E-state index contributed by atoms with van der Waals surface area (Å²) in [5.41, 5.74) is 11.7. The van der Waals surface area contributed by atoms with E-state index >= 15 is 0 Å². The zero-order chi connectivity index (χ0) is 24.4. The number of allylic oxidation sites excluding steroid dienone is 3. The first-order valence-electron chi connectivity index (χ1n) is 11.8. The molecule has 6 heteroatoms. The summed E-state index contributed by atoms with van der Waals surface area (Å²) in [6.07, 6.45) is 3.61. The van der Waals surface area contributed by atoms with Crippen LogP contribution in [0.15, 0.2) is 58.5 Å². The molecule has 3 rings (SSSR count). The molecule has 0 spiro atoms. The molecule has 1 aliphatic carbocycles. The predicted octanol–water partition coefficient (Wildman–Crippen LogP) is 5.76. The van der Waals surface area contributed by atoms with Gasteiger partial charge in [0.05, 0.1) is 12.3 Å². The Bertz CT molecular complexity index is 949. The quantitative estimate of drug-likeness (QED) is 0.574. The van der Waals surface area contributed by atoms with Gasteiger partial charge in [-0.3, -0.25) is 4.79 Å². The van der Waals surface area contributed by atoms with Gasteiger partial charge in [-0.25, -0.2) is 0 Å². The van der Waals surface area contributed by atoms with E-state index in [1.165, 1.54) is 0 Å². The highest BCUT2D eigenvalue weighted by Gasteiger charge is 2.37.